The van der Waals surface area contributed by atoms with Gasteiger partial charge in [-0.3, -0.25) is 9.11 Å². The molecule has 0 aliphatic heterocycles. The smallest absolute Gasteiger partial charge is 0.394 e. The Kier molecular flexibility index (Phi) is 132. The van der Waals surface area contributed by atoms with Crippen LogP contribution >= 0.6 is 0 Å². The fraction of sp³-hybridized carbons (Fsp3) is 0. The summed E-state index contributed by atoms with van der Waals surface area (Å²) in [6.07, 6.45) is 0. The van der Waals surface area contributed by atoms with E-state index < -0.39 is 10.4 Å². The first-order valence-corrected chi connectivity index (χ1v) is 2.10. The van der Waals surface area contributed by atoms with Gasteiger partial charge in [-0.05, 0) is 0 Å². The van der Waals surface area contributed by atoms with E-state index >= 15 is 0 Å². The Morgan fingerprint density at radius 2 is 0.727 bits per heavy atom. The van der Waals surface area contributed by atoms with E-state index in [1.807, 2.05) is 0 Å². The summed E-state index contributed by atoms with van der Waals surface area (Å²) in [4.78, 5) is 0. The minimum atomic E-state index is -4.67. The van der Waals surface area contributed by atoms with E-state index in [0.29, 0.717) is 0 Å². The molecular formula is H12N5O4SZn-5. The first kappa shape index (κ1) is 64.9. The zero-order valence-corrected chi connectivity index (χ0v) is 9.50. The molecule has 11 heavy (non-hydrogen) atoms. The van der Waals surface area contributed by atoms with Crippen molar-refractivity contribution in [1.82, 2.24) is 0 Å². The predicted molar refractivity (Wildman–Crippen MR) is 40.6 cm³/mol. The van der Waals surface area contributed by atoms with Crippen LogP contribution in [0.1, 0.15) is 0 Å². The summed E-state index contributed by atoms with van der Waals surface area (Å²) in [7, 11) is -4.67. The largest absolute Gasteiger partial charge is 0.693 e. The Morgan fingerprint density at radius 3 is 0.727 bits per heavy atom. The van der Waals surface area contributed by atoms with Gasteiger partial charge in [0.1, 0.15) is 0 Å². The van der Waals surface area contributed by atoms with Crippen LogP contribution in [0.25, 0.3) is 30.8 Å². The second-order valence-corrected chi connectivity index (χ2v) is 1.34. The van der Waals surface area contributed by atoms with Gasteiger partial charge < -0.3 is 30.8 Å². The van der Waals surface area contributed by atoms with Crippen molar-refractivity contribution in [3.05, 3.63) is 30.8 Å². The van der Waals surface area contributed by atoms with Gasteiger partial charge in [0.25, 0.3) is 0 Å². The molecule has 0 aliphatic rings. The molecule has 11 heteroatoms. The van der Waals surface area contributed by atoms with E-state index in [4.69, 9.17) is 17.5 Å². The molecule has 74 valence electrons. The molecule has 0 aromatic rings. The summed E-state index contributed by atoms with van der Waals surface area (Å²) in [5, 5.41) is 0. The summed E-state index contributed by atoms with van der Waals surface area (Å²) in [6, 6.07) is 0. The van der Waals surface area contributed by atoms with Gasteiger partial charge in [0.15, 0.2) is 0 Å². The molecule has 9 nitrogen and oxygen atoms in total. The summed E-state index contributed by atoms with van der Waals surface area (Å²) >= 11 is 0. The van der Waals surface area contributed by atoms with Gasteiger partial charge in [-0.25, -0.2) is 0 Å². The van der Waals surface area contributed by atoms with E-state index in [2.05, 4.69) is 0 Å². The van der Waals surface area contributed by atoms with Crippen molar-refractivity contribution in [2.75, 3.05) is 0 Å². The van der Waals surface area contributed by atoms with Crippen LogP contribution in [0.3, 0.4) is 0 Å². The molecule has 0 heterocycles. The fourth-order valence-electron chi connectivity index (χ4n) is 0. The van der Waals surface area contributed by atoms with Gasteiger partial charge in [0, 0.05) is 19.5 Å². The van der Waals surface area contributed by atoms with Crippen molar-refractivity contribution < 1.29 is 37.0 Å². The van der Waals surface area contributed by atoms with E-state index in [0.717, 1.165) is 0 Å². The molecule has 0 fully saturated rings. The predicted octanol–water partition coefficient (Wildman–Crippen LogP) is 2.93. The van der Waals surface area contributed by atoms with Gasteiger partial charge >= 0.3 is 10.4 Å². The molecule has 0 rings (SSSR count). The van der Waals surface area contributed by atoms with Crippen molar-refractivity contribution >= 4 is 10.4 Å². The van der Waals surface area contributed by atoms with Crippen LogP contribution in [0.5, 0.6) is 0 Å². The van der Waals surface area contributed by atoms with Gasteiger partial charge in [-0.1, -0.05) is 0 Å². The summed E-state index contributed by atoms with van der Waals surface area (Å²) in [6.45, 7) is 0. The maximum absolute atomic E-state index is 8.74. The second-order valence-electron chi connectivity index (χ2n) is 0.448. The van der Waals surface area contributed by atoms with E-state index in [1.54, 1.807) is 0 Å². The minimum Gasteiger partial charge on any atom is -0.693 e. The van der Waals surface area contributed by atoms with Crippen LogP contribution in [0.2, 0.25) is 0 Å². The third kappa shape index (κ3) is 8230. The molecule has 0 aliphatic carbocycles. The average molecular weight is 244 g/mol. The fourth-order valence-corrected chi connectivity index (χ4v) is 0. The van der Waals surface area contributed by atoms with E-state index in [-0.39, 0.29) is 50.2 Å². The molecule has 0 saturated carbocycles. The molecule has 0 amide bonds. The second kappa shape index (κ2) is 22.4. The van der Waals surface area contributed by atoms with Crippen LogP contribution in [-0.4, -0.2) is 17.5 Å². The third-order valence-electron chi connectivity index (χ3n) is 0. The number of hydrogen-bond donors (Lipinski definition) is 2. The van der Waals surface area contributed by atoms with Crippen LogP contribution < -0.4 is 0 Å². The van der Waals surface area contributed by atoms with Gasteiger partial charge in [0.05, 0.1) is 0 Å². The van der Waals surface area contributed by atoms with Crippen molar-refractivity contribution in [1.29, 1.82) is 0 Å². The number of hydrogen-bond acceptors (Lipinski definition) is 2. The van der Waals surface area contributed by atoms with Crippen molar-refractivity contribution in [2.45, 2.75) is 0 Å². The Hall–Kier alpha value is 0.293. The quantitative estimate of drug-likeness (QED) is 0.480. The van der Waals surface area contributed by atoms with Crippen LogP contribution in [0.15, 0.2) is 0 Å². The zero-order chi connectivity index (χ0) is 4.50. The summed E-state index contributed by atoms with van der Waals surface area (Å²) in [5.41, 5.74) is 0. The Morgan fingerprint density at radius 1 is 0.727 bits per heavy atom. The molecule has 12 N–H and O–H groups in total. The molecule has 0 aromatic heterocycles. The number of nitrogens with two attached hydrogens (primary N) is 5. The molecular weight excluding hydrogens is 231 g/mol. The van der Waals surface area contributed by atoms with Crippen LogP contribution in [0, 0.1) is 0 Å². The van der Waals surface area contributed by atoms with Crippen LogP contribution in [0.4, 0.5) is 0 Å². The maximum Gasteiger partial charge on any atom is 0.394 e. The van der Waals surface area contributed by atoms with Gasteiger partial charge in [-0.15, -0.1) is 0 Å². The Balaban J connectivity index is -0.00000000533. The molecule has 0 spiro atoms. The molecule has 0 radical (unpaired) electrons. The van der Waals surface area contributed by atoms with Crippen molar-refractivity contribution in [2.24, 2.45) is 0 Å². The topological polar surface area (TPSA) is 242 Å². The number of rotatable bonds is 0. The Labute approximate surface area is 78.6 Å². The SMILES string of the molecule is O=S(=O)(O)O.[NH2-].[NH2-].[NH2-].[NH2-].[NH2-].[Zn]. The molecule has 0 atom stereocenters. The molecule has 0 unspecified atom stereocenters. The molecule has 0 bridgehead atoms. The average Bonchev–Trinajstić information content (AvgIpc) is 0.722. The summed E-state index contributed by atoms with van der Waals surface area (Å²) < 4.78 is 31.6. The normalized spacial score (nSPS) is 5.27. The zero-order valence-electron chi connectivity index (χ0n) is 5.71. The standard InChI is InChI=1S/5H2N.H2O4S.Zn/c;;;;;1-5(2,3)4;/h5*1H2;(H2,1,2,3,4);/q5*-1;;. The first-order chi connectivity index (χ1) is 2.00. The molecule has 0 aromatic carbocycles. The van der Waals surface area contributed by atoms with Crippen molar-refractivity contribution in [3.63, 3.8) is 0 Å². The third-order valence-corrected chi connectivity index (χ3v) is 0. The molecule has 0 saturated heterocycles. The monoisotopic (exact) mass is 242 g/mol. The van der Waals surface area contributed by atoms with Gasteiger partial charge in [0.2, 0.25) is 0 Å². The van der Waals surface area contributed by atoms with E-state index in [1.165, 1.54) is 0 Å². The first-order valence-electron chi connectivity index (χ1n) is 0.698. The van der Waals surface area contributed by atoms with Crippen molar-refractivity contribution in [3.8, 4) is 0 Å². The van der Waals surface area contributed by atoms with Crippen LogP contribution in [-0.2, 0) is 29.9 Å². The van der Waals surface area contributed by atoms with Gasteiger partial charge in [-0.2, -0.15) is 8.42 Å². The maximum atomic E-state index is 8.74. The van der Waals surface area contributed by atoms with E-state index in [9.17, 15) is 0 Å². The summed E-state index contributed by atoms with van der Waals surface area (Å²) in [5.74, 6) is 0. The Bertz CT molecular complexity index is 102. The minimum absolute atomic E-state index is 0.